The molecule has 0 aromatic heterocycles. The lowest BCUT2D eigenvalue weighted by atomic mass is 10.0. The van der Waals surface area contributed by atoms with Crippen LogP contribution < -0.4 is 5.32 Å². The summed E-state index contributed by atoms with van der Waals surface area (Å²) in [5.41, 5.74) is 1.43. The van der Waals surface area contributed by atoms with Crippen LogP contribution in [0.25, 0.3) is 0 Å². The number of piperidine rings is 1. The first kappa shape index (κ1) is 21.7. The lowest BCUT2D eigenvalue weighted by Crippen LogP contribution is -2.46. The third kappa shape index (κ3) is 5.24. The molecule has 2 fully saturated rings. The summed E-state index contributed by atoms with van der Waals surface area (Å²) in [6.07, 6.45) is 2.86. The van der Waals surface area contributed by atoms with Gasteiger partial charge in [0.05, 0.1) is 12.3 Å². The second-order valence-electron chi connectivity index (χ2n) is 6.71. The summed E-state index contributed by atoms with van der Waals surface area (Å²) < 4.78 is 0. The maximum atomic E-state index is 13.1. The average Bonchev–Trinajstić information content (AvgIpc) is 2.98. The first-order chi connectivity index (χ1) is 12.6. The van der Waals surface area contributed by atoms with Gasteiger partial charge in [-0.25, -0.2) is 0 Å². The van der Waals surface area contributed by atoms with E-state index in [0.29, 0.717) is 5.56 Å². The maximum Gasteiger partial charge on any atom is 0.289 e. The molecule has 2 heterocycles. The van der Waals surface area contributed by atoms with Gasteiger partial charge in [0.25, 0.3) is 11.1 Å². The molecule has 8 heteroatoms. The van der Waals surface area contributed by atoms with E-state index in [1.807, 2.05) is 29.2 Å². The zero-order valence-corrected chi connectivity index (χ0v) is 17.1. The smallest absolute Gasteiger partial charge is 0.289 e. The van der Waals surface area contributed by atoms with Gasteiger partial charge in [0.2, 0.25) is 5.91 Å². The summed E-state index contributed by atoms with van der Waals surface area (Å²) >= 11 is 1.03. The van der Waals surface area contributed by atoms with Gasteiger partial charge in [-0.05, 0) is 50.0 Å². The van der Waals surface area contributed by atoms with E-state index in [1.165, 1.54) is 4.90 Å². The number of carbonyl (C=O) groups excluding carboxylic acids is 3. The molecule has 27 heavy (non-hydrogen) atoms. The molecule has 2 saturated heterocycles. The van der Waals surface area contributed by atoms with Gasteiger partial charge in [-0.1, -0.05) is 30.8 Å². The number of nitrogens with zero attached hydrogens (tertiary/aromatic N) is 2. The Morgan fingerprint density at radius 3 is 2.67 bits per heavy atom. The van der Waals surface area contributed by atoms with Gasteiger partial charge in [-0.3, -0.25) is 19.3 Å². The number of nitrogens with one attached hydrogen (secondary N) is 1. The molecule has 6 nitrogen and oxygen atoms in total. The first-order valence-corrected chi connectivity index (χ1v) is 10.2. The predicted molar refractivity (Wildman–Crippen MR) is 109 cm³/mol. The van der Waals surface area contributed by atoms with Crippen LogP contribution >= 0.6 is 24.2 Å². The van der Waals surface area contributed by atoms with Crippen LogP contribution in [-0.2, 0) is 11.3 Å². The zero-order valence-electron chi connectivity index (χ0n) is 15.5. The molecule has 0 bridgehead atoms. The van der Waals surface area contributed by atoms with Crippen LogP contribution in [0.3, 0.4) is 0 Å². The lowest BCUT2D eigenvalue weighted by Gasteiger charge is -2.34. The number of halogens is 1. The largest absolute Gasteiger partial charge is 0.336 e. The molecule has 1 aromatic carbocycles. The van der Waals surface area contributed by atoms with Gasteiger partial charge in [-0.15, -0.1) is 12.4 Å². The number of hydrogen-bond acceptors (Lipinski definition) is 5. The Hall–Kier alpha value is -1.57. The van der Waals surface area contributed by atoms with Crippen molar-refractivity contribution < 1.29 is 14.4 Å². The fourth-order valence-corrected chi connectivity index (χ4v) is 4.22. The molecule has 0 spiro atoms. The number of amides is 3. The van der Waals surface area contributed by atoms with E-state index < -0.39 is 0 Å². The molecule has 0 aliphatic carbocycles. The average molecular weight is 412 g/mol. The number of carbonyl (C=O) groups is 3. The molecule has 3 amide bonds. The molecule has 0 radical (unpaired) electrons. The quantitative estimate of drug-likeness (QED) is 0.779. The summed E-state index contributed by atoms with van der Waals surface area (Å²) in [5, 5.41) is 3.13. The van der Waals surface area contributed by atoms with E-state index in [2.05, 4.69) is 12.2 Å². The molecule has 148 valence electrons. The van der Waals surface area contributed by atoms with Crippen molar-refractivity contribution in [2.24, 2.45) is 0 Å². The second-order valence-corrected chi connectivity index (χ2v) is 7.64. The number of thioether (sulfide) groups is 1. The van der Waals surface area contributed by atoms with Crippen LogP contribution in [0.1, 0.15) is 42.1 Å². The summed E-state index contributed by atoms with van der Waals surface area (Å²) in [5.74, 6) is 0.0744. The highest BCUT2D eigenvalue weighted by molar-refractivity contribution is 8.14. The van der Waals surface area contributed by atoms with Crippen molar-refractivity contribution in [2.45, 2.75) is 38.8 Å². The van der Waals surface area contributed by atoms with Gasteiger partial charge in [0.1, 0.15) is 0 Å². The molecular weight excluding hydrogens is 386 g/mol. The Morgan fingerprint density at radius 2 is 2.04 bits per heavy atom. The molecule has 0 unspecified atom stereocenters. The Bertz CT molecular complexity index is 679. The SMILES string of the molecule is CCCN(C(=O)c1cccc(CN2C(=O)CSC2=O)c1)C1CCNCC1.Cl. The van der Waals surface area contributed by atoms with Gasteiger partial charge in [0, 0.05) is 18.2 Å². The van der Waals surface area contributed by atoms with Gasteiger partial charge < -0.3 is 10.2 Å². The van der Waals surface area contributed by atoms with Crippen molar-refractivity contribution in [3.05, 3.63) is 35.4 Å². The molecule has 1 N–H and O–H groups in total. The Kier molecular flexibility index (Phi) is 8.13. The van der Waals surface area contributed by atoms with Crippen LogP contribution in [-0.4, -0.2) is 58.3 Å². The van der Waals surface area contributed by atoms with Crippen molar-refractivity contribution >= 4 is 41.2 Å². The Balaban J connectivity index is 0.00000261. The number of rotatable bonds is 6. The minimum Gasteiger partial charge on any atom is -0.336 e. The van der Waals surface area contributed by atoms with Crippen LogP contribution in [0.2, 0.25) is 0 Å². The van der Waals surface area contributed by atoms with E-state index in [1.54, 1.807) is 0 Å². The van der Waals surface area contributed by atoms with E-state index >= 15 is 0 Å². The lowest BCUT2D eigenvalue weighted by molar-refractivity contribution is -0.125. The van der Waals surface area contributed by atoms with E-state index in [0.717, 1.165) is 56.2 Å². The normalized spacial score (nSPS) is 17.7. The molecule has 2 aliphatic heterocycles. The van der Waals surface area contributed by atoms with Crippen molar-refractivity contribution in [1.29, 1.82) is 0 Å². The van der Waals surface area contributed by atoms with Gasteiger partial charge >= 0.3 is 0 Å². The summed E-state index contributed by atoms with van der Waals surface area (Å²) in [4.78, 5) is 40.0. The number of imide groups is 1. The van der Waals surface area contributed by atoms with E-state index in [9.17, 15) is 14.4 Å². The summed E-state index contributed by atoms with van der Waals surface area (Å²) in [6.45, 7) is 4.94. The Labute approximate surface area is 170 Å². The third-order valence-corrected chi connectivity index (χ3v) is 5.69. The topological polar surface area (TPSA) is 69.7 Å². The highest BCUT2D eigenvalue weighted by Gasteiger charge is 2.30. The molecule has 2 aliphatic rings. The molecule has 0 saturated carbocycles. The summed E-state index contributed by atoms with van der Waals surface area (Å²) in [6, 6.07) is 7.58. The maximum absolute atomic E-state index is 13.1. The third-order valence-electron chi connectivity index (χ3n) is 4.83. The van der Waals surface area contributed by atoms with Crippen molar-refractivity contribution in [1.82, 2.24) is 15.1 Å². The first-order valence-electron chi connectivity index (χ1n) is 9.18. The predicted octanol–water partition coefficient (Wildman–Crippen LogP) is 2.91. The minimum atomic E-state index is -0.214. The Morgan fingerprint density at radius 1 is 1.30 bits per heavy atom. The zero-order chi connectivity index (χ0) is 18.5. The monoisotopic (exact) mass is 411 g/mol. The van der Waals surface area contributed by atoms with Gasteiger partial charge in [0.15, 0.2) is 0 Å². The highest BCUT2D eigenvalue weighted by atomic mass is 35.5. The second kappa shape index (κ2) is 10.1. The molecular formula is C19H26ClN3O3S. The van der Waals surface area contributed by atoms with Crippen molar-refractivity contribution in [2.75, 3.05) is 25.4 Å². The standard InChI is InChI=1S/C19H25N3O3S.ClH/c1-2-10-21(16-6-8-20-9-7-16)18(24)15-5-3-4-14(11-15)12-22-17(23)13-26-19(22)25;/h3-5,11,16,20H,2,6-10,12-13H2,1H3;1H. The fraction of sp³-hybridized carbons (Fsp3) is 0.526. The minimum absolute atomic E-state index is 0. The van der Waals surface area contributed by atoms with Crippen molar-refractivity contribution in [3.8, 4) is 0 Å². The molecule has 0 atom stereocenters. The van der Waals surface area contributed by atoms with Crippen LogP contribution in [0.15, 0.2) is 24.3 Å². The number of benzene rings is 1. The van der Waals surface area contributed by atoms with Gasteiger partial charge in [-0.2, -0.15) is 0 Å². The van der Waals surface area contributed by atoms with Crippen LogP contribution in [0.4, 0.5) is 4.79 Å². The van der Waals surface area contributed by atoms with E-state index in [-0.39, 0.29) is 47.8 Å². The van der Waals surface area contributed by atoms with Crippen molar-refractivity contribution in [3.63, 3.8) is 0 Å². The highest BCUT2D eigenvalue weighted by Crippen LogP contribution is 2.22. The van der Waals surface area contributed by atoms with Crippen LogP contribution in [0, 0.1) is 0 Å². The van der Waals surface area contributed by atoms with Crippen LogP contribution in [0.5, 0.6) is 0 Å². The molecule has 3 rings (SSSR count). The summed E-state index contributed by atoms with van der Waals surface area (Å²) in [7, 11) is 0. The molecule has 1 aromatic rings. The van der Waals surface area contributed by atoms with E-state index in [4.69, 9.17) is 0 Å². The number of hydrogen-bond donors (Lipinski definition) is 1. The fourth-order valence-electron chi connectivity index (χ4n) is 3.49.